The number of thioether (sulfide) groups is 1. The molecule has 114 valence electrons. The van der Waals surface area contributed by atoms with Crippen LogP contribution in [0.15, 0.2) is 35.2 Å². The van der Waals surface area contributed by atoms with Crippen LogP contribution in [0, 0.1) is 11.3 Å². The van der Waals surface area contributed by atoms with Gasteiger partial charge in [0, 0.05) is 23.7 Å². The zero-order valence-corrected chi connectivity index (χ0v) is 13.3. The van der Waals surface area contributed by atoms with Crippen molar-refractivity contribution in [3.63, 3.8) is 0 Å². The second-order valence-electron chi connectivity index (χ2n) is 6.15. The lowest BCUT2D eigenvalue weighted by molar-refractivity contribution is -0.133. The van der Waals surface area contributed by atoms with Gasteiger partial charge in [-0.2, -0.15) is 0 Å². The lowest BCUT2D eigenvalue weighted by Crippen LogP contribution is -2.48. The summed E-state index contributed by atoms with van der Waals surface area (Å²) in [5.74, 6) is 1.77. The smallest absolute Gasteiger partial charge is 0.227 e. The molecule has 2 atom stereocenters. The summed E-state index contributed by atoms with van der Waals surface area (Å²) in [4.78, 5) is 13.9. The van der Waals surface area contributed by atoms with Gasteiger partial charge in [-0.05, 0) is 37.4 Å². The molecule has 1 heterocycles. The van der Waals surface area contributed by atoms with Crippen molar-refractivity contribution in [2.75, 3.05) is 25.4 Å². The van der Waals surface area contributed by atoms with Gasteiger partial charge in [0.1, 0.15) is 0 Å². The van der Waals surface area contributed by atoms with Gasteiger partial charge >= 0.3 is 0 Å². The maximum atomic E-state index is 12.7. The van der Waals surface area contributed by atoms with Gasteiger partial charge in [0.2, 0.25) is 5.91 Å². The van der Waals surface area contributed by atoms with Crippen LogP contribution in [0.4, 0.5) is 0 Å². The fourth-order valence-corrected chi connectivity index (χ4v) is 4.51. The summed E-state index contributed by atoms with van der Waals surface area (Å²) >= 11 is 1.80. The minimum absolute atomic E-state index is 0.115. The van der Waals surface area contributed by atoms with Crippen LogP contribution >= 0.6 is 11.8 Å². The Kier molecular flexibility index (Phi) is 4.86. The van der Waals surface area contributed by atoms with Gasteiger partial charge in [0.15, 0.2) is 0 Å². The van der Waals surface area contributed by atoms with E-state index in [2.05, 4.69) is 34.9 Å². The van der Waals surface area contributed by atoms with E-state index >= 15 is 0 Å². The van der Waals surface area contributed by atoms with E-state index in [9.17, 15) is 4.79 Å². The van der Waals surface area contributed by atoms with E-state index < -0.39 is 0 Å². The van der Waals surface area contributed by atoms with E-state index in [0.717, 1.165) is 31.8 Å². The van der Waals surface area contributed by atoms with Crippen LogP contribution in [-0.4, -0.2) is 31.3 Å². The number of hydrogen-bond donors (Lipinski definition) is 2. The minimum atomic E-state index is -0.115. The van der Waals surface area contributed by atoms with Crippen molar-refractivity contribution >= 4 is 17.7 Å². The molecule has 1 aromatic rings. The van der Waals surface area contributed by atoms with Crippen molar-refractivity contribution in [1.82, 2.24) is 10.6 Å². The number of benzene rings is 1. The van der Waals surface area contributed by atoms with Crippen LogP contribution in [0.25, 0.3) is 0 Å². The molecule has 1 saturated carbocycles. The average molecular weight is 304 g/mol. The summed E-state index contributed by atoms with van der Waals surface area (Å²) in [6.07, 6.45) is 4.75. The molecule has 3 rings (SSSR count). The zero-order valence-electron chi connectivity index (χ0n) is 12.4. The first-order valence-corrected chi connectivity index (χ1v) is 8.97. The molecular formula is C17H24N2OS. The molecule has 1 aliphatic heterocycles. The first-order chi connectivity index (χ1) is 10.3. The fraction of sp³-hybridized carbons (Fsp3) is 0.588. The second-order valence-corrected chi connectivity index (χ2v) is 7.32. The Hall–Kier alpha value is -1.00. The predicted octanol–water partition coefficient (Wildman–Crippen LogP) is 2.67. The zero-order chi connectivity index (χ0) is 14.5. The number of nitrogens with one attached hydrogen (secondary N) is 2. The maximum Gasteiger partial charge on any atom is 0.227 e. The standard InChI is InChI=1S/C17H24N2OS/c20-16(17-9-5-4-6-14(17)12-18-13-17)19-10-11-21-15-7-2-1-3-8-15/h1-3,7-8,14,18H,4-6,9-13H2,(H,19,20)/t14-,17+/m0/s1. The molecule has 4 heteroatoms. The first kappa shape index (κ1) is 14.9. The Morgan fingerprint density at radius 2 is 2.19 bits per heavy atom. The van der Waals surface area contributed by atoms with E-state index in [-0.39, 0.29) is 11.3 Å². The molecule has 0 spiro atoms. The first-order valence-electron chi connectivity index (χ1n) is 7.98. The van der Waals surface area contributed by atoms with E-state index in [1.54, 1.807) is 11.8 Å². The molecule has 0 bridgehead atoms. The summed E-state index contributed by atoms with van der Waals surface area (Å²) in [7, 11) is 0. The summed E-state index contributed by atoms with van der Waals surface area (Å²) in [6.45, 7) is 2.65. The number of fused-ring (bicyclic) bond motifs is 1. The van der Waals surface area contributed by atoms with Crippen molar-refractivity contribution in [2.45, 2.75) is 30.6 Å². The van der Waals surface area contributed by atoms with Crippen LogP contribution in [-0.2, 0) is 4.79 Å². The molecular weight excluding hydrogens is 280 g/mol. The van der Waals surface area contributed by atoms with Crippen LogP contribution < -0.4 is 10.6 Å². The molecule has 0 unspecified atom stereocenters. The predicted molar refractivity (Wildman–Crippen MR) is 87.4 cm³/mol. The molecule has 3 nitrogen and oxygen atoms in total. The SMILES string of the molecule is O=C(NCCSc1ccccc1)[C@@]12CCCC[C@H]1CNC2. The van der Waals surface area contributed by atoms with Crippen LogP contribution in [0.2, 0.25) is 0 Å². The molecule has 2 N–H and O–H groups in total. The third-order valence-corrected chi connectivity index (χ3v) is 5.90. The third-order valence-electron chi connectivity index (χ3n) is 4.89. The van der Waals surface area contributed by atoms with E-state index in [4.69, 9.17) is 0 Å². The molecule has 1 amide bonds. The number of rotatable bonds is 5. The van der Waals surface area contributed by atoms with Gasteiger partial charge in [-0.3, -0.25) is 4.79 Å². The molecule has 0 aromatic heterocycles. The highest BCUT2D eigenvalue weighted by Crippen LogP contribution is 2.43. The number of amides is 1. The largest absolute Gasteiger partial charge is 0.355 e. The fourth-order valence-electron chi connectivity index (χ4n) is 3.72. The van der Waals surface area contributed by atoms with Crippen LogP contribution in [0.1, 0.15) is 25.7 Å². The van der Waals surface area contributed by atoms with Crippen molar-refractivity contribution < 1.29 is 4.79 Å². The lowest BCUT2D eigenvalue weighted by atomic mass is 9.67. The molecule has 2 aliphatic rings. The van der Waals surface area contributed by atoms with Gasteiger partial charge in [-0.1, -0.05) is 31.0 Å². The van der Waals surface area contributed by atoms with Gasteiger partial charge in [-0.25, -0.2) is 0 Å². The maximum absolute atomic E-state index is 12.7. The summed E-state index contributed by atoms with van der Waals surface area (Å²) in [6, 6.07) is 10.4. The lowest BCUT2D eigenvalue weighted by Gasteiger charge is -2.37. The molecule has 0 radical (unpaired) electrons. The highest BCUT2D eigenvalue weighted by atomic mass is 32.2. The van der Waals surface area contributed by atoms with Gasteiger partial charge in [0.25, 0.3) is 0 Å². The minimum Gasteiger partial charge on any atom is -0.355 e. The third kappa shape index (κ3) is 3.27. The molecule has 2 fully saturated rings. The Bertz CT molecular complexity index is 479. The Morgan fingerprint density at radius 3 is 3.05 bits per heavy atom. The summed E-state index contributed by atoms with van der Waals surface area (Å²) < 4.78 is 0. The van der Waals surface area contributed by atoms with Crippen molar-refractivity contribution in [2.24, 2.45) is 11.3 Å². The topological polar surface area (TPSA) is 41.1 Å². The summed E-state index contributed by atoms with van der Waals surface area (Å²) in [5, 5.41) is 6.62. The molecule has 21 heavy (non-hydrogen) atoms. The Balaban J connectivity index is 1.47. The molecule has 1 aliphatic carbocycles. The quantitative estimate of drug-likeness (QED) is 0.649. The number of carbonyl (C=O) groups excluding carboxylic acids is 1. The highest BCUT2D eigenvalue weighted by Gasteiger charge is 2.49. The van der Waals surface area contributed by atoms with E-state index in [1.807, 2.05) is 6.07 Å². The average Bonchev–Trinajstić information content (AvgIpc) is 2.97. The highest BCUT2D eigenvalue weighted by molar-refractivity contribution is 7.99. The number of hydrogen-bond acceptors (Lipinski definition) is 3. The van der Waals surface area contributed by atoms with Crippen molar-refractivity contribution in [3.05, 3.63) is 30.3 Å². The van der Waals surface area contributed by atoms with Gasteiger partial charge < -0.3 is 10.6 Å². The van der Waals surface area contributed by atoms with E-state index in [0.29, 0.717) is 5.92 Å². The normalized spacial score (nSPS) is 28.1. The molecule has 1 saturated heterocycles. The van der Waals surface area contributed by atoms with Crippen LogP contribution in [0.3, 0.4) is 0 Å². The Morgan fingerprint density at radius 1 is 1.33 bits per heavy atom. The summed E-state index contributed by atoms with van der Waals surface area (Å²) in [5.41, 5.74) is -0.115. The van der Waals surface area contributed by atoms with Crippen LogP contribution in [0.5, 0.6) is 0 Å². The molecule has 1 aromatic carbocycles. The monoisotopic (exact) mass is 304 g/mol. The van der Waals surface area contributed by atoms with Crippen molar-refractivity contribution in [3.8, 4) is 0 Å². The van der Waals surface area contributed by atoms with E-state index in [1.165, 1.54) is 24.2 Å². The number of carbonyl (C=O) groups is 1. The van der Waals surface area contributed by atoms with Gasteiger partial charge in [-0.15, -0.1) is 11.8 Å². The van der Waals surface area contributed by atoms with Gasteiger partial charge in [0.05, 0.1) is 5.41 Å². The second kappa shape index (κ2) is 6.84. The Labute approximate surface area is 131 Å². The van der Waals surface area contributed by atoms with Crippen molar-refractivity contribution in [1.29, 1.82) is 0 Å².